The lowest BCUT2D eigenvalue weighted by Gasteiger charge is -2.06. The molecule has 1 aromatic carbocycles. The number of rotatable bonds is 2. The van der Waals surface area contributed by atoms with Crippen LogP contribution in [0.15, 0.2) is 42.6 Å². The SMILES string of the molecule is FC(F)(F)c1ccc(Cc2nc3ccc(Cl)cn3n2)cc1. The van der Waals surface area contributed by atoms with Gasteiger partial charge in [0.1, 0.15) is 0 Å². The van der Waals surface area contributed by atoms with E-state index in [4.69, 9.17) is 11.6 Å². The highest BCUT2D eigenvalue weighted by Gasteiger charge is 2.29. The monoisotopic (exact) mass is 311 g/mol. The fourth-order valence-corrected chi connectivity index (χ4v) is 2.13. The van der Waals surface area contributed by atoms with Crippen LogP contribution in [0.2, 0.25) is 5.02 Å². The first-order valence-corrected chi connectivity index (χ1v) is 6.46. The molecule has 0 unspecified atom stereocenters. The first-order chi connectivity index (χ1) is 9.91. The smallest absolute Gasteiger partial charge is 0.219 e. The second-order valence-electron chi connectivity index (χ2n) is 4.55. The van der Waals surface area contributed by atoms with Gasteiger partial charge in [-0.25, -0.2) is 9.50 Å². The Balaban J connectivity index is 1.84. The predicted molar refractivity (Wildman–Crippen MR) is 72.2 cm³/mol. The number of fused-ring (bicyclic) bond motifs is 1. The van der Waals surface area contributed by atoms with Crippen LogP contribution in [0.1, 0.15) is 17.0 Å². The number of nitrogens with zero attached hydrogens (tertiary/aromatic N) is 3. The molecule has 108 valence electrons. The maximum absolute atomic E-state index is 12.5. The molecule has 0 amide bonds. The van der Waals surface area contributed by atoms with Crippen LogP contribution in [0.5, 0.6) is 0 Å². The van der Waals surface area contributed by atoms with Crippen LogP contribution in [0.25, 0.3) is 5.65 Å². The molecule has 7 heteroatoms. The highest BCUT2D eigenvalue weighted by Crippen LogP contribution is 2.29. The molecule has 0 saturated carbocycles. The van der Waals surface area contributed by atoms with Gasteiger partial charge in [0.15, 0.2) is 11.5 Å². The van der Waals surface area contributed by atoms with Crippen LogP contribution in [-0.4, -0.2) is 14.6 Å². The third-order valence-corrected chi connectivity index (χ3v) is 3.21. The normalized spacial score (nSPS) is 12.0. The van der Waals surface area contributed by atoms with E-state index in [9.17, 15) is 13.2 Å². The summed E-state index contributed by atoms with van der Waals surface area (Å²) in [7, 11) is 0. The quantitative estimate of drug-likeness (QED) is 0.716. The van der Waals surface area contributed by atoms with Crippen molar-refractivity contribution in [1.82, 2.24) is 14.6 Å². The van der Waals surface area contributed by atoms with Gasteiger partial charge in [-0.2, -0.15) is 18.3 Å². The van der Waals surface area contributed by atoms with E-state index in [2.05, 4.69) is 10.1 Å². The van der Waals surface area contributed by atoms with E-state index in [0.29, 0.717) is 28.5 Å². The summed E-state index contributed by atoms with van der Waals surface area (Å²) in [4.78, 5) is 4.29. The van der Waals surface area contributed by atoms with Crippen molar-refractivity contribution in [3.8, 4) is 0 Å². The Morgan fingerprint density at radius 3 is 2.43 bits per heavy atom. The first-order valence-electron chi connectivity index (χ1n) is 6.09. The van der Waals surface area contributed by atoms with Gasteiger partial charge >= 0.3 is 6.18 Å². The maximum atomic E-state index is 12.5. The van der Waals surface area contributed by atoms with Crippen molar-refractivity contribution in [1.29, 1.82) is 0 Å². The third kappa shape index (κ3) is 3.00. The van der Waals surface area contributed by atoms with E-state index in [1.54, 1.807) is 22.8 Å². The number of hydrogen-bond donors (Lipinski definition) is 0. The van der Waals surface area contributed by atoms with E-state index in [1.807, 2.05) is 0 Å². The molecule has 0 N–H and O–H groups in total. The lowest BCUT2D eigenvalue weighted by Crippen LogP contribution is -2.04. The molecular formula is C14H9ClF3N3. The molecular weight excluding hydrogens is 303 g/mol. The standard InChI is InChI=1S/C14H9ClF3N3/c15-11-5-6-13-19-12(20-21(13)8-11)7-9-1-3-10(4-2-9)14(16,17)18/h1-6,8H,7H2. The van der Waals surface area contributed by atoms with Crippen molar-refractivity contribution in [3.05, 3.63) is 64.6 Å². The highest BCUT2D eigenvalue weighted by atomic mass is 35.5. The second-order valence-corrected chi connectivity index (χ2v) is 4.99. The number of halogens is 4. The lowest BCUT2D eigenvalue weighted by atomic mass is 10.1. The second kappa shape index (κ2) is 5.04. The molecule has 3 nitrogen and oxygen atoms in total. The van der Waals surface area contributed by atoms with Crippen LogP contribution >= 0.6 is 11.6 Å². The van der Waals surface area contributed by atoms with Crippen molar-refractivity contribution < 1.29 is 13.2 Å². The van der Waals surface area contributed by atoms with Gasteiger partial charge in [-0.05, 0) is 29.8 Å². The minimum Gasteiger partial charge on any atom is -0.219 e. The van der Waals surface area contributed by atoms with Crippen molar-refractivity contribution in [3.63, 3.8) is 0 Å². The van der Waals surface area contributed by atoms with Gasteiger partial charge < -0.3 is 0 Å². The molecule has 0 aliphatic rings. The number of pyridine rings is 1. The number of alkyl halides is 3. The topological polar surface area (TPSA) is 30.2 Å². The molecule has 0 spiro atoms. The molecule has 21 heavy (non-hydrogen) atoms. The van der Waals surface area contributed by atoms with Crippen molar-refractivity contribution in [2.75, 3.05) is 0 Å². The summed E-state index contributed by atoms with van der Waals surface area (Å²) in [5.41, 5.74) is 0.687. The third-order valence-electron chi connectivity index (χ3n) is 2.98. The van der Waals surface area contributed by atoms with E-state index >= 15 is 0 Å². The Morgan fingerprint density at radius 1 is 1.05 bits per heavy atom. The van der Waals surface area contributed by atoms with E-state index < -0.39 is 11.7 Å². The predicted octanol–water partition coefficient (Wildman–Crippen LogP) is 3.99. The lowest BCUT2D eigenvalue weighted by molar-refractivity contribution is -0.137. The summed E-state index contributed by atoms with van der Waals surface area (Å²) < 4.78 is 39.0. The molecule has 0 aliphatic carbocycles. The van der Waals surface area contributed by atoms with Gasteiger partial charge in [0.2, 0.25) is 0 Å². The zero-order valence-electron chi connectivity index (χ0n) is 10.6. The van der Waals surface area contributed by atoms with Crippen LogP contribution in [0.3, 0.4) is 0 Å². The van der Waals surface area contributed by atoms with Crippen molar-refractivity contribution in [2.45, 2.75) is 12.6 Å². The minimum atomic E-state index is -4.32. The first kappa shape index (κ1) is 13.9. The molecule has 0 bridgehead atoms. The van der Waals surface area contributed by atoms with Crippen molar-refractivity contribution >= 4 is 17.2 Å². The molecule has 2 aromatic heterocycles. The summed E-state index contributed by atoms with van der Waals surface area (Å²) in [5.74, 6) is 0.525. The molecule has 3 rings (SSSR count). The summed E-state index contributed by atoms with van der Waals surface area (Å²) in [5, 5.41) is 4.77. The van der Waals surface area contributed by atoms with Crippen LogP contribution in [0, 0.1) is 0 Å². The van der Waals surface area contributed by atoms with Gasteiger partial charge in [-0.15, -0.1) is 0 Å². The van der Waals surface area contributed by atoms with Gasteiger partial charge in [0, 0.05) is 12.6 Å². The fourth-order valence-electron chi connectivity index (χ4n) is 1.97. The van der Waals surface area contributed by atoms with E-state index in [-0.39, 0.29) is 0 Å². The van der Waals surface area contributed by atoms with Gasteiger partial charge in [-0.1, -0.05) is 23.7 Å². The van der Waals surface area contributed by atoms with Gasteiger partial charge in [-0.3, -0.25) is 0 Å². The average molecular weight is 312 g/mol. The molecule has 0 aliphatic heterocycles. The molecule has 2 heterocycles. The summed E-state index contributed by atoms with van der Waals surface area (Å²) in [6.07, 6.45) is -2.34. The van der Waals surface area contributed by atoms with E-state index in [0.717, 1.165) is 12.1 Å². The summed E-state index contributed by atoms with van der Waals surface area (Å²) >= 11 is 5.85. The Morgan fingerprint density at radius 2 is 1.76 bits per heavy atom. The zero-order chi connectivity index (χ0) is 15.0. The number of aromatic nitrogens is 3. The largest absolute Gasteiger partial charge is 0.416 e. The number of benzene rings is 1. The Kier molecular flexibility index (Phi) is 3.33. The number of hydrogen-bond acceptors (Lipinski definition) is 2. The summed E-state index contributed by atoms with van der Waals surface area (Å²) in [6, 6.07) is 8.41. The zero-order valence-corrected chi connectivity index (χ0v) is 11.4. The van der Waals surface area contributed by atoms with Gasteiger partial charge in [0.05, 0.1) is 10.6 Å². The van der Waals surface area contributed by atoms with Crippen molar-refractivity contribution in [2.24, 2.45) is 0 Å². The van der Waals surface area contributed by atoms with Crippen LogP contribution < -0.4 is 0 Å². The molecule has 0 saturated heterocycles. The average Bonchev–Trinajstić information content (AvgIpc) is 2.79. The molecule has 3 aromatic rings. The Labute approximate surface area is 123 Å². The summed E-state index contributed by atoms with van der Waals surface area (Å²) in [6.45, 7) is 0. The maximum Gasteiger partial charge on any atom is 0.416 e. The van der Waals surface area contributed by atoms with E-state index in [1.165, 1.54) is 12.1 Å². The fraction of sp³-hybridized carbons (Fsp3) is 0.143. The molecule has 0 fully saturated rings. The van der Waals surface area contributed by atoms with Crippen LogP contribution in [-0.2, 0) is 12.6 Å². The Hall–Kier alpha value is -2.08. The van der Waals surface area contributed by atoms with Crippen LogP contribution in [0.4, 0.5) is 13.2 Å². The molecule has 0 radical (unpaired) electrons. The Bertz CT molecular complexity index is 778. The molecule has 0 atom stereocenters. The minimum absolute atomic E-state index is 0.359. The van der Waals surface area contributed by atoms with Gasteiger partial charge in [0.25, 0.3) is 0 Å². The highest BCUT2D eigenvalue weighted by molar-refractivity contribution is 6.30.